The summed E-state index contributed by atoms with van der Waals surface area (Å²) in [7, 11) is 1.60. The van der Waals surface area contributed by atoms with Crippen molar-refractivity contribution in [3.63, 3.8) is 0 Å². The molecule has 4 nitrogen and oxygen atoms in total. The summed E-state index contributed by atoms with van der Waals surface area (Å²) in [6.07, 6.45) is 1.54. The van der Waals surface area contributed by atoms with Gasteiger partial charge in [0.15, 0.2) is 5.67 Å². The standard InChI is InChI=1S/C11H14FNO3/c1-14-4-5-16-9-2-3-13-10(6-9)11(12)7-15-8-11/h2-3,6H,4-5,7-8H2,1H3. The quantitative estimate of drug-likeness (QED) is 0.711. The van der Waals surface area contributed by atoms with E-state index in [1.165, 1.54) is 6.20 Å². The van der Waals surface area contributed by atoms with E-state index in [-0.39, 0.29) is 13.2 Å². The van der Waals surface area contributed by atoms with Crippen molar-refractivity contribution >= 4 is 0 Å². The van der Waals surface area contributed by atoms with Crippen molar-refractivity contribution in [2.75, 3.05) is 33.5 Å². The number of pyridine rings is 1. The van der Waals surface area contributed by atoms with E-state index >= 15 is 0 Å². The molecule has 2 heterocycles. The van der Waals surface area contributed by atoms with Gasteiger partial charge in [0.2, 0.25) is 0 Å². The molecule has 1 aliphatic rings. The Morgan fingerprint density at radius 3 is 2.94 bits per heavy atom. The first-order chi connectivity index (χ1) is 7.74. The van der Waals surface area contributed by atoms with E-state index in [9.17, 15) is 4.39 Å². The third-order valence-electron chi connectivity index (χ3n) is 2.41. The topological polar surface area (TPSA) is 40.6 Å². The molecule has 5 heteroatoms. The number of nitrogens with zero attached hydrogens (tertiary/aromatic N) is 1. The molecule has 0 aromatic carbocycles. The van der Waals surface area contributed by atoms with Crippen LogP contribution in [0.2, 0.25) is 0 Å². The summed E-state index contributed by atoms with van der Waals surface area (Å²) in [5, 5.41) is 0. The van der Waals surface area contributed by atoms with Crippen molar-refractivity contribution in [1.29, 1.82) is 0 Å². The van der Waals surface area contributed by atoms with Crippen molar-refractivity contribution in [3.05, 3.63) is 24.0 Å². The number of aromatic nitrogens is 1. The fraction of sp³-hybridized carbons (Fsp3) is 0.545. The van der Waals surface area contributed by atoms with Gasteiger partial charge in [-0.3, -0.25) is 4.98 Å². The fourth-order valence-corrected chi connectivity index (χ4v) is 1.42. The van der Waals surface area contributed by atoms with Crippen LogP contribution >= 0.6 is 0 Å². The van der Waals surface area contributed by atoms with E-state index in [4.69, 9.17) is 14.2 Å². The Labute approximate surface area is 93.3 Å². The van der Waals surface area contributed by atoms with Gasteiger partial charge in [-0.15, -0.1) is 0 Å². The maximum Gasteiger partial charge on any atom is 0.198 e. The molecule has 2 rings (SSSR count). The van der Waals surface area contributed by atoms with Crippen molar-refractivity contribution in [2.24, 2.45) is 0 Å². The predicted molar refractivity (Wildman–Crippen MR) is 55.2 cm³/mol. The highest BCUT2D eigenvalue weighted by molar-refractivity contribution is 5.27. The molecule has 0 bridgehead atoms. The van der Waals surface area contributed by atoms with E-state index in [2.05, 4.69) is 4.98 Å². The average molecular weight is 227 g/mol. The second-order valence-corrected chi connectivity index (χ2v) is 3.68. The van der Waals surface area contributed by atoms with E-state index < -0.39 is 5.67 Å². The van der Waals surface area contributed by atoms with Gasteiger partial charge in [-0.1, -0.05) is 0 Å². The molecule has 0 N–H and O–H groups in total. The normalized spacial score (nSPS) is 17.9. The molecule has 1 saturated heterocycles. The summed E-state index contributed by atoms with van der Waals surface area (Å²) in [4.78, 5) is 4.00. The van der Waals surface area contributed by atoms with Crippen LogP contribution in [0.25, 0.3) is 0 Å². The summed E-state index contributed by atoms with van der Waals surface area (Å²) in [5.74, 6) is 0.603. The van der Waals surface area contributed by atoms with Crippen LogP contribution in [-0.4, -0.2) is 38.5 Å². The zero-order chi connectivity index (χ0) is 11.4. The molecular formula is C11H14FNO3. The minimum atomic E-state index is -1.44. The van der Waals surface area contributed by atoms with Crippen LogP contribution in [0.3, 0.4) is 0 Å². The number of rotatable bonds is 5. The molecule has 0 saturated carbocycles. The van der Waals surface area contributed by atoms with Crippen LogP contribution in [0.5, 0.6) is 5.75 Å². The summed E-state index contributed by atoms with van der Waals surface area (Å²) in [6.45, 7) is 1.08. The molecular weight excluding hydrogens is 213 g/mol. The van der Waals surface area contributed by atoms with Gasteiger partial charge in [0.05, 0.1) is 25.5 Å². The largest absolute Gasteiger partial charge is 0.491 e. The monoisotopic (exact) mass is 227 g/mol. The van der Waals surface area contributed by atoms with Gasteiger partial charge in [-0.2, -0.15) is 0 Å². The van der Waals surface area contributed by atoms with E-state index in [0.29, 0.717) is 24.7 Å². The molecule has 1 aromatic rings. The lowest BCUT2D eigenvalue weighted by Crippen LogP contribution is -2.43. The number of halogens is 1. The van der Waals surface area contributed by atoms with Gasteiger partial charge in [0.25, 0.3) is 0 Å². The number of ether oxygens (including phenoxy) is 3. The molecule has 1 fully saturated rings. The van der Waals surface area contributed by atoms with Gasteiger partial charge >= 0.3 is 0 Å². The van der Waals surface area contributed by atoms with Crippen molar-refractivity contribution in [1.82, 2.24) is 4.98 Å². The first kappa shape index (κ1) is 11.3. The van der Waals surface area contributed by atoms with E-state index in [0.717, 1.165) is 0 Å². The summed E-state index contributed by atoms with van der Waals surface area (Å²) >= 11 is 0. The van der Waals surface area contributed by atoms with Crippen LogP contribution < -0.4 is 4.74 Å². The smallest absolute Gasteiger partial charge is 0.198 e. The molecule has 0 radical (unpaired) electrons. The minimum Gasteiger partial charge on any atom is -0.491 e. The zero-order valence-corrected chi connectivity index (χ0v) is 9.11. The molecule has 1 aliphatic heterocycles. The van der Waals surface area contributed by atoms with Gasteiger partial charge in [0.1, 0.15) is 12.4 Å². The van der Waals surface area contributed by atoms with Gasteiger partial charge in [-0.25, -0.2) is 4.39 Å². The number of hydrogen-bond acceptors (Lipinski definition) is 4. The predicted octanol–water partition coefficient (Wildman–Crippen LogP) is 1.30. The van der Waals surface area contributed by atoms with Crippen molar-refractivity contribution < 1.29 is 18.6 Å². The molecule has 0 aliphatic carbocycles. The number of alkyl halides is 1. The maximum atomic E-state index is 13.9. The average Bonchev–Trinajstić information content (AvgIpc) is 2.27. The molecule has 0 amide bonds. The molecule has 0 spiro atoms. The SMILES string of the molecule is COCCOc1ccnc(C2(F)COC2)c1. The first-order valence-corrected chi connectivity index (χ1v) is 5.09. The Bertz CT molecular complexity index is 355. The Morgan fingerprint density at radius 1 is 1.50 bits per heavy atom. The summed E-state index contributed by atoms with van der Waals surface area (Å²) in [5.41, 5.74) is -1.07. The van der Waals surface area contributed by atoms with Crippen LogP contribution in [-0.2, 0) is 15.1 Å². The van der Waals surface area contributed by atoms with E-state index in [1.54, 1.807) is 19.2 Å². The molecule has 16 heavy (non-hydrogen) atoms. The van der Waals surface area contributed by atoms with Crippen molar-refractivity contribution in [3.8, 4) is 5.75 Å². The molecule has 88 valence electrons. The van der Waals surface area contributed by atoms with Gasteiger partial charge < -0.3 is 14.2 Å². The van der Waals surface area contributed by atoms with Gasteiger partial charge in [0, 0.05) is 19.4 Å². The Kier molecular flexibility index (Phi) is 3.36. The first-order valence-electron chi connectivity index (χ1n) is 5.09. The lowest BCUT2D eigenvalue weighted by molar-refractivity contribution is -0.137. The Morgan fingerprint density at radius 2 is 2.31 bits per heavy atom. The van der Waals surface area contributed by atoms with Crippen LogP contribution in [0.1, 0.15) is 5.69 Å². The Hall–Kier alpha value is -1.20. The van der Waals surface area contributed by atoms with E-state index in [1.807, 2.05) is 0 Å². The molecule has 0 atom stereocenters. The molecule has 1 aromatic heterocycles. The summed E-state index contributed by atoms with van der Waals surface area (Å²) < 4.78 is 29.0. The zero-order valence-electron chi connectivity index (χ0n) is 9.11. The highest BCUT2D eigenvalue weighted by Gasteiger charge is 2.42. The van der Waals surface area contributed by atoms with Crippen molar-refractivity contribution in [2.45, 2.75) is 5.67 Å². The van der Waals surface area contributed by atoms with Crippen LogP contribution in [0.4, 0.5) is 4.39 Å². The lowest BCUT2D eigenvalue weighted by Gasteiger charge is -2.33. The lowest BCUT2D eigenvalue weighted by atomic mass is 9.99. The molecule has 0 unspecified atom stereocenters. The number of methoxy groups -OCH3 is 1. The number of hydrogen-bond donors (Lipinski definition) is 0. The Balaban J connectivity index is 2.02. The minimum absolute atomic E-state index is 0.0710. The highest BCUT2D eigenvalue weighted by atomic mass is 19.1. The highest BCUT2D eigenvalue weighted by Crippen LogP contribution is 2.33. The van der Waals surface area contributed by atoms with Crippen LogP contribution in [0.15, 0.2) is 18.3 Å². The maximum absolute atomic E-state index is 13.9. The van der Waals surface area contributed by atoms with Crippen LogP contribution in [0, 0.1) is 0 Å². The second-order valence-electron chi connectivity index (χ2n) is 3.68. The van der Waals surface area contributed by atoms with Gasteiger partial charge in [-0.05, 0) is 6.07 Å². The third kappa shape index (κ3) is 2.31. The second kappa shape index (κ2) is 4.76. The summed E-state index contributed by atoms with van der Waals surface area (Å²) in [6, 6.07) is 3.31. The third-order valence-corrected chi connectivity index (χ3v) is 2.41. The fourth-order valence-electron chi connectivity index (χ4n) is 1.42.